The first-order valence-electron chi connectivity index (χ1n) is 7.67. The predicted molar refractivity (Wildman–Crippen MR) is 87.8 cm³/mol. The van der Waals surface area contributed by atoms with Crippen molar-refractivity contribution >= 4 is 21.6 Å². The maximum Gasteiger partial charge on any atom is 0.244 e. The van der Waals surface area contributed by atoms with Gasteiger partial charge in [-0.1, -0.05) is 11.6 Å². The molecular weight excluding hydrogens is 336 g/mol. The fourth-order valence-electron chi connectivity index (χ4n) is 3.19. The van der Waals surface area contributed by atoms with Crippen molar-refractivity contribution in [1.29, 1.82) is 5.26 Å². The number of hydrogen-bond acceptors (Lipinski definition) is 5. The van der Waals surface area contributed by atoms with Gasteiger partial charge < -0.3 is 5.32 Å². The topological polar surface area (TPSA) is 76.4 Å². The molecule has 2 saturated heterocycles. The summed E-state index contributed by atoms with van der Waals surface area (Å²) in [6.45, 7) is 4.81. The van der Waals surface area contributed by atoms with E-state index in [-0.39, 0.29) is 16.0 Å². The highest BCUT2D eigenvalue weighted by Crippen LogP contribution is 2.29. The van der Waals surface area contributed by atoms with E-state index in [9.17, 15) is 8.42 Å². The predicted octanol–water partition coefficient (Wildman–Crippen LogP) is 0.880. The molecule has 0 aromatic heterocycles. The molecule has 3 rings (SSSR count). The summed E-state index contributed by atoms with van der Waals surface area (Å²) in [7, 11) is -3.62. The van der Waals surface area contributed by atoms with Crippen LogP contribution in [0.4, 0.5) is 0 Å². The molecule has 124 valence electrons. The van der Waals surface area contributed by atoms with E-state index in [1.54, 1.807) is 0 Å². The highest BCUT2D eigenvalue weighted by Gasteiger charge is 2.36. The molecule has 2 heterocycles. The normalized spacial score (nSPS) is 23.7. The standard InChI is InChI=1S/C15H19ClN4O2S/c16-14-9-12(10-17)1-2-15(14)23(21,22)20-6-3-13(11-20)19-7-4-18-5-8-19/h1-2,9,13,18H,3-8,11H2. The number of nitrogens with one attached hydrogen (secondary N) is 1. The molecule has 0 bridgehead atoms. The second-order valence-electron chi connectivity index (χ2n) is 5.85. The summed E-state index contributed by atoms with van der Waals surface area (Å²) >= 11 is 6.08. The summed E-state index contributed by atoms with van der Waals surface area (Å²) in [5, 5.41) is 12.3. The Hall–Kier alpha value is -1.17. The molecule has 0 saturated carbocycles. The van der Waals surface area contributed by atoms with Gasteiger partial charge in [-0.05, 0) is 24.6 Å². The van der Waals surface area contributed by atoms with Crippen molar-refractivity contribution in [3.63, 3.8) is 0 Å². The monoisotopic (exact) mass is 354 g/mol. The van der Waals surface area contributed by atoms with E-state index in [2.05, 4.69) is 10.2 Å². The summed E-state index contributed by atoms with van der Waals surface area (Å²) in [4.78, 5) is 2.44. The van der Waals surface area contributed by atoms with Gasteiger partial charge in [0.15, 0.2) is 0 Å². The van der Waals surface area contributed by atoms with E-state index in [1.807, 2.05) is 6.07 Å². The molecule has 2 aliphatic rings. The lowest BCUT2D eigenvalue weighted by atomic mass is 10.2. The van der Waals surface area contributed by atoms with Crippen LogP contribution in [0.3, 0.4) is 0 Å². The van der Waals surface area contributed by atoms with E-state index < -0.39 is 10.0 Å². The Morgan fingerprint density at radius 1 is 1.26 bits per heavy atom. The van der Waals surface area contributed by atoms with Crippen LogP contribution in [0.2, 0.25) is 5.02 Å². The summed E-state index contributed by atoms with van der Waals surface area (Å²) in [6, 6.07) is 6.54. The Labute approximate surface area is 141 Å². The van der Waals surface area contributed by atoms with Gasteiger partial charge in [-0.25, -0.2) is 8.42 Å². The third-order valence-corrected chi connectivity index (χ3v) is 6.82. The molecule has 8 heteroatoms. The number of piperazine rings is 1. The largest absolute Gasteiger partial charge is 0.314 e. The number of halogens is 1. The second kappa shape index (κ2) is 6.75. The SMILES string of the molecule is N#Cc1ccc(S(=O)(=O)N2CCC(N3CCNCC3)C2)c(Cl)c1. The molecule has 0 aliphatic carbocycles. The van der Waals surface area contributed by atoms with Gasteiger partial charge >= 0.3 is 0 Å². The van der Waals surface area contributed by atoms with Crippen LogP contribution in [0, 0.1) is 11.3 Å². The van der Waals surface area contributed by atoms with Crippen LogP contribution in [-0.4, -0.2) is 62.9 Å². The van der Waals surface area contributed by atoms with Gasteiger partial charge in [0.2, 0.25) is 10.0 Å². The lowest BCUT2D eigenvalue weighted by molar-refractivity contribution is 0.179. The average Bonchev–Trinajstić information content (AvgIpc) is 3.06. The number of rotatable bonds is 3. The van der Waals surface area contributed by atoms with E-state index in [1.165, 1.54) is 22.5 Å². The van der Waals surface area contributed by atoms with Gasteiger partial charge in [-0.15, -0.1) is 0 Å². The molecule has 2 aliphatic heterocycles. The summed E-state index contributed by atoms with van der Waals surface area (Å²) < 4.78 is 27.1. The van der Waals surface area contributed by atoms with E-state index in [0.29, 0.717) is 18.7 Å². The zero-order valence-corrected chi connectivity index (χ0v) is 14.3. The zero-order chi connectivity index (χ0) is 16.4. The van der Waals surface area contributed by atoms with Gasteiger partial charge in [0.05, 0.1) is 16.7 Å². The molecule has 0 radical (unpaired) electrons. The third-order valence-electron chi connectivity index (χ3n) is 4.47. The van der Waals surface area contributed by atoms with Crippen molar-refractivity contribution in [3.05, 3.63) is 28.8 Å². The molecule has 1 aromatic carbocycles. The molecule has 0 spiro atoms. The van der Waals surface area contributed by atoms with Crippen molar-refractivity contribution in [2.24, 2.45) is 0 Å². The van der Waals surface area contributed by atoms with Crippen LogP contribution < -0.4 is 5.32 Å². The number of benzene rings is 1. The third kappa shape index (κ3) is 3.37. The molecular formula is C15H19ClN4O2S. The van der Waals surface area contributed by atoms with Crippen molar-refractivity contribution < 1.29 is 8.42 Å². The number of sulfonamides is 1. The zero-order valence-electron chi connectivity index (χ0n) is 12.7. The molecule has 1 unspecified atom stereocenters. The average molecular weight is 355 g/mol. The van der Waals surface area contributed by atoms with Crippen molar-refractivity contribution in [2.75, 3.05) is 39.3 Å². The summed E-state index contributed by atoms with van der Waals surface area (Å²) in [5.41, 5.74) is 0.356. The maximum absolute atomic E-state index is 12.8. The summed E-state index contributed by atoms with van der Waals surface area (Å²) in [5.74, 6) is 0. The minimum Gasteiger partial charge on any atom is -0.314 e. The Kier molecular flexibility index (Phi) is 4.90. The Morgan fingerprint density at radius 2 is 2.00 bits per heavy atom. The van der Waals surface area contributed by atoms with Crippen LogP contribution >= 0.6 is 11.6 Å². The Morgan fingerprint density at radius 3 is 2.65 bits per heavy atom. The molecule has 2 fully saturated rings. The van der Waals surface area contributed by atoms with Crippen molar-refractivity contribution in [2.45, 2.75) is 17.4 Å². The quantitative estimate of drug-likeness (QED) is 0.872. The number of nitrogens with zero attached hydrogens (tertiary/aromatic N) is 3. The fourth-order valence-corrected chi connectivity index (χ4v) is 5.20. The van der Waals surface area contributed by atoms with Gasteiger partial charge in [-0.3, -0.25) is 4.90 Å². The first-order chi connectivity index (χ1) is 11.0. The molecule has 23 heavy (non-hydrogen) atoms. The molecule has 0 amide bonds. The minimum absolute atomic E-state index is 0.0825. The first-order valence-corrected chi connectivity index (χ1v) is 9.49. The lowest BCUT2D eigenvalue weighted by Gasteiger charge is -2.32. The smallest absolute Gasteiger partial charge is 0.244 e. The lowest BCUT2D eigenvalue weighted by Crippen LogP contribution is -2.49. The highest BCUT2D eigenvalue weighted by molar-refractivity contribution is 7.89. The van der Waals surface area contributed by atoms with Gasteiger partial charge in [0.25, 0.3) is 0 Å². The molecule has 6 nitrogen and oxygen atoms in total. The van der Waals surface area contributed by atoms with E-state index >= 15 is 0 Å². The maximum atomic E-state index is 12.8. The fraction of sp³-hybridized carbons (Fsp3) is 0.533. The van der Waals surface area contributed by atoms with Gasteiger partial charge in [-0.2, -0.15) is 9.57 Å². The van der Waals surface area contributed by atoms with Crippen LogP contribution in [0.1, 0.15) is 12.0 Å². The Balaban J connectivity index is 1.77. The number of hydrogen-bond donors (Lipinski definition) is 1. The van der Waals surface area contributed by atoms with Crippen LogP contribution in [-0.2, 0) is 10.0 Å². The van der Waals surface area contributed by atoms with Gasteiger partial charge in [0, 0.05) is 45.3 Å². The molecule has 1 aromatic rings. The van der Waals surface area contributed by atoms with Crippen LogP contribution in [0.15, 0.2) is 23.1 Å². The van der Waals surface area contributed by atoms with Crippen molar-refractivity contribution in [3.8, 4) is 6.07 Å². The minimum atomic E-state index is -3.62. The van der Waals surface area contributed by atoms with E-state index in [4.69, 9.17) is 16.9 Å². The van der Waals surface area contributed by atoms with E-state index in [0.717, 1.165) is 32.6 Å². The van der Waals surface area contributed by atoms with Crippen molar-refractivity contribution in [1.82, 2.24) is 14.5 Å². The van der Waals surface area contributed by atoms with Crippen LogP contribution in [0.25, 0.3) is 0 Å². The molecule has 1 N–H and O–H groups in total. The number of nitriles is 1. The first kappa shape index (κ1) is 16.7. The highest BCUT2D eigenvalue weighted by atomic mass is 35.5. The molecule has 1 atom stereocenters. The van der Waals surface area contributed by atoms with Gasteiger partial charge in [0.1, 0.15) is 4.90 Å². The second-order valence-corrected chi connectivity index (χ2v) is 8.16. The summed E-state index contributed by atoms with van der Waals surface area (Å²) in [6.07, 6.45) is 0.840. The van der Waals surface area contributed by atoms with Crippen LogP contribution in [0.5, 0.6) is 0 Å². The Bertz CT molecular complexity index is 725.